The summed E-state index contributed by atoms with van der Waals surface area (Å²) < 4.78 is 0. The van der Waals surface area contributed by atoms with Gasteiger partial charge in [-0.25, -0.2) is 0 Å². The van der Waals surface area contributed by atoms with Gasteiger partial charge in [0, 0.05) is 16.8 Å². The van der Waals surface area contributed by atoms with E-state index in [4.69, 9.17) is 5.73 Å². The number of nitrogen functional groups attached to an aromatic ring is 1. The van der Waals surface area contributed by atoms with E-state index in [0.29, 0.717) is 5.69 Å². The molecular formula is C19H19N3O. The normalized spacial score (nSPS) is 10.7. The first kappa shape index (κ1) is 15.0. The lowest BCUT2D eigenvalue weighted by atomic mass is 10.1. The van der Waals surface area contributed by atoms with Crippen LogP contribution in [0, 0.1) is 13.8 Å². The van der Waals surface area contributed by atoms with Crippen molar-refractivity contribution >= 4 is 28.2 Å². The van der Waals surface area contributed by atoms with E-state index >= 15 is 0 Å². The summed E-state index contributed by atoms with van der Waals surface area (Å²) >= 11 is 0. The average molecular weight is 305 g/mol. The Morgan fingerprint density at radius 1 is 1.09 bits per heavy atom. The predicted molar refractivity (Wildman–Crippen MR) is 94.4 cm³/mol. The summed E-state index contributed by atoms with van der Waals surface area (Å²) in [5, 5.41) is 3.96. The number of fused-ring (bicyclic) bond motifs is 1. The summed E-state index contributed by atoms with van der Waals surface area (Å²) in [4.78, 5) is 16.8. The molecule has 1 heterocycles. The molecule has 0 aliphatic carbocycles. The van der Waals surface area contributed by atoms with Crippen molar-refractivity contribution in [3.63, 3.8) is 0 Å². The minimum atomic E-state index is -0.0651. The van der Waals surface area contributed by atoms with E-state index in [-0.39, 0.29) is 12.3 Å². The van der Waals surface area contributed by atoms with Crippen LogP contribution in [0.5, 0.6) is 0 Å². The third-order valence-electron chi connectivity index (χ3n) is 3.86. The van der Waals surface area contributed by atoms with E-state index in [9.17, 15) is 4.79 Å². The van der Waals surface area contributed by atoms with Crippen LogP contribution in [-0.4, -0.2) is 10.9 Å². The summed E-state index contributed by atoms with van der Waals surface area (Å²) in [5.74, 6) is -0.0651. The molecule has 0 unspecified atom stereocenters. The summed E-state index contributed by atoms with van der Waals surface area (Å²) in [6.07, 6.45) is 0.244. The van der Waals surface area contributed by atoms with Gasteiger partial charge < -0.3 is 11.1 Å². The molecule has 0 bridgehead atoms. The largest absolute Gasteiger partial charge is 0.399 e. The molecule has 0 fully saturated rings. The highest BCUT2D eigenvalue weighted by Crippen LogP contribution is 2.20. The number of aryl methyl sites for hydroxylation is 2. The number of hydrogen-bond donors (Lipinski definition) is 2. The van der Waals surface area contributed by atoms with Gasteiger partial charge in [0.15, 0.2) is 0 Å². The number of benzene rings is 2. The quantitative estimate of drug-likeness (QED) is 0.726. The monoisotopic (exact) mass is 305 g/mol. The van der Waals surface area contributed by atoms with Crippen molar-refractivity contribution in [1.29, 1.82) is 0 Å². The third kappa shape index (κ3) is 3.31. The Morgan fingerprint density at radius 2 is 1.83 bits per heavy atom. The Morgan fingerprint density at radius 3 is 2.57 bits per heavy atom. The molecule has 0 radical (unpaired) electrons. The lowest BCUT2D eigenvalue weighted by Crippen LogP contribution is -2.16. The molecule has 0 aliphatic heterocycles. The van der Waals surface area contributed by atoms with Gasteiger partial charge in [0.1, 0.15) is 0 Å². The van der Waals surface area contributed by atoms with Crippen LogP contribution < -0.4 is 11.1 Å². The highest BCUT2D eigenvalue weighted by Gasteiger charge is 2.09. The standard InChI is InChI=1S/C19H19N3O/c1-12-4-3-5-13(2)19(12)22-18(23)11-16-8-6-14-10-15(20)7-9-17(14)21-16/h3-10H,11,20H2,1-2H3,(H,22,23). The van der Waals surface area contributed by atoms with Crippen LogP contribution in [0.1, 0.15) is 16.8 Å². The highest BCUT2D eigenvalue weighted by molar-refractivity contribution is 5.94. The summed E-state index contributed by atoms with van der Waals surface area (Å²) in [6, 6.07) is 15.3. The van der Waals surface area contributed by atoms with Crippen molar-refractivity contribution in [2.75, 3.05) is 11.1 Å². The Bertz CT molecular complexity index is 867. The first-order valence-corrected chi connectivity index (χ1v) is 7.54. The molecule has 0 saturated carbocycles. The predicted octanol–water partition coefficient (Wildman–Crippen LogP) is 3.62. The van der Waals surface area contributed by atoms with Crippen molar-refractivity contribution in [3.8, 4) is 0 Å². The van der Waals surface area contributed by atoms with E-state index in [0.717, 1.165) is 33.4 Å². The molecule has 0 atom stereocenters. The third-order valence-corrected chi connectivity index (χ3v) is 3.86. The second-order valence-corrected chi connectivity index (χ2v) is 5.75. The molecule has 1 aromatic heterocycles. The number of nitrogens with two attached hydrogens (primary N) is 1. The number of rotatable bonds is 3. The smallest absolute Gasteiger partial charge is 0.230 e. The Balaban J connectivity index is 1.79. The molecule has 3 aromatic rings. The van der Waals surface area contributed by atoms with Crippen LogP contribution in [-0.2, 0) is 11.2 Å². The van der Waals surface area contributed by atoms with E-state index < -0.39 is 0 Å². The topological polar surface area (TPSA) is 68.0 Å². The zero-order valence-corrected chi connectivity index (χ0v) is 13.3. The number of pyridine rings is 1. The van der Waals surface area contributed by atoms with E-state index in [2.05, 4.69) is 10.3 Å². The van der Waals surface area contributed by atoms with Gasteiger partial charge in [-0.1, -0.05) is 24.3 Å². The van der Waals surface area contributed by atoms with E-state index in [1.807, 2.05) is 62.4 Å². The number of carbonyl (C=O) groups excluding carboxylic acids is 1. The van der Waals surface area contributed by atoms with Gasteiger partial charge in [0.2, 0.25) is 5.91 Å². The number of amides is 1. The van der Waals surface area contributed by atoms with Gasteiger partial charge in [-0.15, -0.1) is 0 Å². The molecular weight excluding hydrogens is 286 g/mol. The number of hydrogen-bond acceptors (Lipinski definition) is 3. The SMILES string of the molecule is Cc1cccc(C)c1NC(=O)Cc1ccc2cc(N)ccc2n1. The van der Waals surface area contributed by atoms with Crippen molar-refractivity contribution in [1.82, 2.24) is 4.98 Å². The first-order chi connectivity index (χ1) is 11.0. The number of aromatic nitrogens is 1. The highest BCUT2D eigenvalue weighted by atomic mass is 16.1. The Labute approximate surface area is 135 Å². The zero-order valence-electron chi connectivity index (χ0n) is 13.3. The molecule has 23 heavy (non-hydrogen) atoms. The molecule has 2 aromatic carbocycles. The molecule has 4 heteroatoms. The number of anilines is 2. The summed E-state index contributed by atoms with van der Waals surface area (Å²) in [6.45, 7) is 3.97. The number of nitrogens with zero attached hydrogens (tertiary/aromatic N) is 1. The van der Waals surface area contributed by atoms with E-state index in [1.54, 1.807) is 0 Å². The van der Waals surface area contributed by atoms with Gasteiger partial charge >= 0.3 is 0 Å². The molecule has 3 N–H and O–H groups in total. The molecule has 0 spiro atoms. The second kappa shape index (κ2) is 6.08. The zero-order chi connectivity index (χ0) is 16.4. The lowest BCUT2D eigenvalue weighted by Gasteiger charge is -2.11. The molecule has 1 amide bonds. The summed E-state index contributed by atoms with van der Waals surface area (Å²) in [7, 11) is 0. The van der Waals surface area contributed by atoms with Gasteiger partial charge in [0.25, 0.3) is 0 Å². The van der Waals surface area contributed by atoms with Crippen LogP contribution in [0.15, 0.2) is 48.5 Å². The van der Waals surface area contributed by atoms with E-state index in [1.165, 1.54) is 0 Å². The van der Waals surface area contributed by atoms with Crippen molar-refractivity contribution < 1.29 is 4.79 Å². The maximum Gasteiger partial charge on any atom is 0.230 e. The fourth-order valence-corrected chi connectivity index (χ4v) is 2.64. The fourth-order valence-electron chi connectivity index (χ4n) is 2.64. The molecule has 0 aliphatic rings. The molecule has 116 valence electrons. The molecule has 0 saturated heterocycles. The van der Waals surface area contributed by atoms with Crippen LogP contribution in [0.2, 0.25) is 0 Å². The number of nitrogens with one attached hydrogen (secondary N) is 1. The van der Waals surface area contributed by atoms with Crippen molar-refractivity contribution in [2.45, 2.75) is 20.3 Å². The van der Waals surface area contributed by atoms with Crippen LogP contribution >= 0.6 is 0 Å². The lowest BCUT2D eigenvalue weighted by molar-refractivity contribution is -0.115. The average Bonchev–Trinajstić information content (AvgIpc) is 2.51. The fraction of sp³-hybridized carbons (Fsp3) is 0.158. The second-order valence-electron chi connectivity index (χ2n) is 5.75. The number of carbonyl (C=O) groups is 1. The molecule has 3 rings (SSSR count). The maximum absolute atomic E-state index is 12.3. The van der Waals surface area contributed by atoms with Crippen LogP contribution in [0.4, 0.5) is 11.4 Å². The van der Waals surface area contributed by atoms with Gasteiger partial charge in [-0.05, 0) is 49.2 Å². The number of para-hydroxylation sites is 1. The van der Waals surface area contributed by atoms with Crippen molar-refractivity contribution in [2.24, 2.45) is 0 Å². The van der Waals surface area contributed by atoms with Crippen molar-refractivity contribution in [3.05, 3.63) is 65.4 Å². The minimum Gasteiger partial charge on any atom is -0.399 e. The Kier molecular flexibility index (Phi) is 3.98. The van der Waals surface area contributed by atoms with Crippen LogP contribution in [0.3, 0.4) is 0 Å². The maximum atomic E-state index is 12.3. The Hall–Kier alpha value is -2.88. The van der Waals surface area contributed by atoms with Gasteiger partial charge in [-0.3, -0.25) is 9.78 Å². The van der Waals surface area contributed by atoms with Crippen LogP contribution in [0.25, 0.3) is 10.9 Å². The first-order valence-electron chi connectivity index (χ1n) is 7.54. The van der Waals surface area contributed by atoms with Gasteiger partial charge in [0.05, 0.1) is 17.6 Å². The summed E-state index contributed by atoms with van der Waals surface area (Å²) in [5.41, 5.74) is 11.1. The minimum absolute atomic E-state index is 0.0651. The molecule has 4 nitrogen and oxygen atoms in total. The van der Waals surface area contributed by atoms with Gasteiger partial charge in [-0.2, -0.15) is 0 Å².